The molecule has 7 rings (SSSR count). The van der Waals surface area contributed by atoms with Gasteiger partial charge in [-0.3, -0.25) is 15.0 Å². The van der Waals surface area contributed by atoms with Crippen molar-refractivity contribution in [3.63, 3.8) is 0 Å². The molecule has 0 unspecified atom stereocenters. The van der Waals surface area contributed by atoms with Gasteiger partial charge in [0.1, 0.15) is 18.5 Å². The topological polar surface area (TPSA) is 96.1 Å². The molecule has 0 radical (unpaired) electrons. The number of pyridine rings is 1. The minimum absolute atomic E-state index is 0.0150. The van der Waals surface area contributed by atoms with Crippen LogP contribution in [0.1, 0.15) is 101 Å². The van der Waals surface area contributed by atoms with Gasteiger partial charge in [-0.05, 0) is 97.4 Å². The lowest BCUT2D eigenvalue weighted by atomic mass is 10.0. The van der Waals surface area contributed by atoms with Gasteiger partial charge in [-0.15, -0.1) is 0 Å². The second-order valence-corrected chi connectivity index (χ2v) is 24.8. The third kappa shape index (κ3) is 14.7. The number of fused-ring (bicyclic) bond motifs is 1. The van der Waals surface area contributed by atoms with Crippen LogP contribution in [0.15, 0.2) is 144 Å². The average molecular weight is 935 g/mol. The number of amides is 1. The van der Waals surface area contributed by atoms with E-state index in [1.807, 2.05) is 97.1 Å². The number of hydrogen-bond acceptors (Lipinski definition) is 7. The Morgan fingerprint density at radius 3 is 2.06 bits per heavy atom. The molecule has 5 aromatic carbocycles. The van der Waals surface area contributed by atoms with Crippen LogP contribution in [-0.4, -0.2) is 68.0 Å². The molecular weight excluding hydrogens is 861 g/mol. The Labute approximate surface area is 406 Å². The first kappa shape index (κ1) is 50.4. The van der Waals surface area contributed by atoms with Crippen molar-refractivity contribution < 1.29 is 18.7 Å². The van der Waals surface area contributed by atoms with Gasteiger partial charge in [0.05, 0.1) is 17.3 Å². The van der Waals surface area contributed by atoms with Crippen LogP contribution in [-0.2, 0) is 22.3 Å². The van der Waals surface area contributed by atoms with Crippen LogP contribution in [0.5, 0.6) is 5.75 Å². The number of carbonyl (C=O) groups is 1. The number of aromatic nitrogens is 1. The second kappa shape index (κ2) is 24.7. The molecule has 0 spiro atoms. The summed E-state index contributed by atoms with van der Waals surface area (Å²) < 4.78 is 19.6. The first-order chi connectivity index (χ1) is 32.9. The molecule has 0 bridgehead atoms. The summed E-state index contributed by atoms with van der Waals surface area (Å²) in [6.45, 7) is 17.5. The van der Waals surface area contributed by atoms with Crippen molar-refractivity contribution in [2.24, 2.45) is 0 Å². The van der Waals surface area contributed by atoms with Gasteiger partial charge < -0.3 is 23.8 Å². The predicted octanol–water partition coefficient (Wildman–Crippen LogP) is 13.8. The van der Waals surface area contributed by atoms with Crippen LogP contribution in [0.2, 0.25) is 18.1 Å². The minimum atomic E-state index is -2.24. The maximum atomic E-state index is 12.9. The van der Waals surface area contributed by atoms with Gasteiger partial charge in [-0.25, -0.2) is 4.79 Å². The Morgan fingerprint density at radius 2 is 1.37 bits per heavy atom. The molecule has 1 fully saturated rings. The zero-order valence-corrected chi connectivity index (χ0v) is 42.2. The summed E-state index contributed by atoms with van der Waals surface area (Å²) in [6, 6.07) is 46.6. The molecule has 2 N–H and O–H groups in total. The number of aromatic amines is 1. The van der Waals surface area contributed by atoms with Crippen molar-refractivity contribution in [2.75, 3.05) is 38.0 Å². The fraction of sp³-hybridized carbons (Fsp3) is 0.414. The Balaban J connectivity index is 0.884. The summed E-state index contributed by atoms with van der Waals surface area (Å²) in [7, 11) is -2.24. The first-order valence-electron chi connectivity index (χ1n) is 25.0. The van der Waals surface area contributed by atoms with E-state index in [1.165, 1.54) is 44.1 Å². The number of H-pyrrole nitrogens is 1. The normalized spacial score (nSPS) is 14.3. The second-order valence-electron chi connectivity index (χ2n) is 20.1. The quantitative estimate of drug-likeness (QED) is 0.0488. The Morgan fingerprint density at radius 1 is 0.750 bits per heavy atom. The number of nitrogens with zero attached hydrogens (tertiary/aromatic N) is 2. The van der Waals surface area contributed by atoms with E-state index in [4.69, 9.17) is 13.9 Å². The predicted molar refractivity (Wildman–Crippen MR) is 282 cm³/mol. The largest absolute Gasteiger partial charge is 0.487 e. The summed E-state index contributed by atoms with van der Waals surface area (Å²) in [6.07, 6.45) is 9.57. The van der Waals surface area contributed by atoms with E-state index in [9.17, 15) is 9.59 Å². The highest BCUT2D eigenvalue weighted by Gasteiger charge is 2.40. The van der Waals surface area contributed by atoms with Gasteiger partial charge in [0.2, 0.25) is 5.56 Å². The van der Waals surface area contributed by atoms with E-state index >= 15 is 0 Å². The maximum absolute atomic E-state index is 12.9. The fourth-order valence-corrected chi connectivity index (χ4v) is 10.3. The average Bonchev–Trinajstić information content (AvgIpc) is 3.33. The van der Waals surface area contributed by atoms with Crippen molar-refractivity contribution in [2.45, 2.75) is 122 Å². The third-order valence-electron chi connectivity index (χ3n) is 13.9. The van der Waals surface area contributed by atoms with Gasteiger partial charge in [0.15, 0.2) is 8.32 Å². The van der Waals surface area contributed by atoms with Crippen LogP contribution in [0.3, 0.4) is 0 Å². The number of benzene rings is 5. The third-order valence-corrected chi connectivity index (χ3v) is 18.4. The Hall–Kier alpha value is -5.52. The summed E-state index contributed by atoms with van der Waals surface area (Å²) in [5.41, 5.74) is 6.81. The van der Waals surface area contributed by atoms with Crippen LogP contribution in [0, 0.1) is 0 Å². The molecule has 1 aromatic heterocycles. The molecule has 1 aliphatic heterocycles. The van der Waals surface area contributed by atoms with E-state index in [-0.39, 0.29) is 28.9 Å². The SMILES string of the molecule is CC(C)(C)[Si](C)(C)O[C@H](CN(CCCCCCCCCN1CCC(OC(=O)Nc2ccccc2-c2ccccc2)CC1)Cc1ccccc1)c1ccc(OCc2ccccc2)c2[nH]c(=O)ccc12. The highest BCUT2D eigenvalue weighted by molar-refractivity contribution is 6.74. The zero-order chi connectivity index (χ0) is 47.8. The van der Waals surface area contributed by atoms with Crippen molar-refractivity contribution >= 4 is 31.0 Å². The van der Waals surface area contributed by atoms with Crippen LogP contribution < -0.4 is 15.6 Å². The number of anilines is 1. The molecule has 1 saturated heterocycles. The maximum Gasteiger partial charge on any atom is 0.411 e. The van der Waals surface area contributed by atoms with Crippen molar-refractivity contribution in [1.29, 1.82) is 0 Å². The summed E-state index contributed by atoms with van der Waals surface area (Å²) >= 11 is 0. The molecule has 68 heavy (non-hydrogen) atoms. The van der Waals surface area contributed by atoms with Gasteiger partial charge in [-0.1, -0.05) is 168 Å². The van der Waals surface area contributed by atoms with Gasteiger partial charge in [-0.2, -0.15) is 0 Å². The number of para-hydroxylation sites is 1. The van der Waals surface area contributed by atoms with Crippen LogP contribution in [0.4, 0.5) is 10.5 Å². The smallest absolute Gasteiger partial charge is 0.411 e. The van der Waals surface area contributed by atoms with Gasteiger partial charge in [0, 0.05) is 43.2 Å². The van der Waals surface area contributed by atoms with Gasteiger partial charge >= 0.3 is 6.09 Å². The lowest BCUT2D eigenvalue weighted by Crippen LogP contribution is -2.44. The summed E-state index contributed by atoms with van der Waals surface area (Å²) in [5, 5.41) is 3.97. The number of unbranched alkanes of at least 4 members (excludes halogenated alkanes) is 6. The molecule has 0 aliphatic carbocycles. The number of likely N-dealkylation sites (tertiary alicyclic amines) is 1. The molecule has 1 amide bonds. The molecule has 0 saturated carbocycles. The minimum Gasteiger partial charge on any atom is -0.487 e. The zero-order valence-electron chi connectivity index (χ0n) is 41.2. The Kier molecular flexibility index (Phi) is 18.3. The number of nitrogens with one attached hydrogen (secondary N) is 2. The van der Waals surface area contributed by atoms with Crippen LogP contribution in [0.25, 0.3) is 22.0 Å². The standard InChI is InChI=1S/C58H74N4O5Si/c1-58(2,3)68(4,5)67-54(50-32-34-53(56-51(50)33-35-55(63)60-56)65-44-46-26-16-12-17-27-46)43-62(42-45-24-14-11-15-25-45)39-23-10-8-6-7-9-22-38-61-40-36-48(37-41-61)66-57(64)59-52-31-21-20-30-49(52)47-28-18-13-19-29-47/h11-21,24-35,48,54H,6-10,22-23,36-44H2,1-5H3,(H,59,64)(H,60,63)/t54-/m1/s1. The first-order valence-corrected chi connectivity index (χ1v) is 27.9. The van der Waals surface area contributed by atoms with E-state index in [0.717, 1.165) is 91.9 Å². The number of piperidine rings is 1. The number of hydrogen-bond donors (Lipinski definition) is 2. The fourth-order valence-electron chi connectivity index (χ4n) is 8.98. The van der Waals surface area contributed by atoms with Crippen molar-refractivity contribution in [1.82, 2.24) is 14.8 Å². The number of carbonyl (C=O) groups excluding carboxylic acids is 1. The highest BCUT2D eigenvalue weighted by atomic mass is 28.4. The highest BCUT2D eigenvalue weighted by Crippen LogP contribution is 2.42. The molecule has 1 atom stereocenters. The molecule has 9 nitrogen and oxygen atoms in total. The van der Waals surface area contributed by atoms with Crippen LogP contribution >= 0.6 is 0 Å². The van der Waals surface area contributed by atoms with E-state index in [2.05, 4.69) is 90.4 Å². The molecule has 10 heteroatoms. The summed E-state index contributed by atoms with van der Waals surface area (Å²) in [4.78, 5) is 33.9. The lowest BCUT2D eigenvalue weighted by Gasteiger charge is -2.41. The number of ether oxygens (including phenoxy) is 2. The van der Waals surface area contributed by atoms with Crippen molar-refractivity contribution in [3.05, 3.63) is 167 Å². The lowest BCUT2D eigenvalue weighted by molar-refractivity contribution is 0.0584. The van der Waals surface area contributed by atoms with Gasteiger partial charge in [0.25, 0.3) is 0 Å². The molecule has 6 aromatic rings. The Bertz CT molecular complexity index is 2520. The molecular formula is C58H74N4O5Si. The van der Waals surface area contributed by atoms with E-state index < -0.39 is 8.32 Å². The monoisotopic (exact) mass is 935 g/mol. The van der Waals surface area contributed by atoms with E-state index in [1.54, 1.807) is 6.07 Å². The van der Waals surface area contributed by atoms with Crippen molar-refractivity contribution in [3.8, 4) is 16.9 Å². The molecule has 2 heterocycles. The van der Waals surface area contributed by atoms with E-state index in [0.29, 0.717) is 17.9 Å². The molecule has 1 aliphatic rings. The summed E-state index contributed by atoms with van der Waals surface area (Å²) in [5.74, 6) is 0.660. The molecule has 360 valence electrons. The number of rotatable bonds is 23.